The number of carbonyl (C=O) groups excluding carboxylic acids is 4. The van der Waals surface area contributed by atoms with Crippen LogP contribution in [0, 0.1) is 17.1 Å². The van der Waals surface area contributed by atoms with Crippen LogP contribution in [0.3, 0.4) is 0 Å². The Labute approximate surface area is 489 Å². The number of nitriles is 1. The molecule has 2 N–H and O–H groups in total. The molecule has 0 unspecified atom stereocenters. The van der Waals surface area contributed by atoms with Crippen LogP contribution in [-0.2, 0) is 32.2 Å². The molecule has 4 aromatic carbocycles. The van der Waals surface area contributed by atoms with E-state index in [4.69, 9.17) is 57.6 Å². The fourth-order valence-electron chi connectivity index (χ4n) is 10.1. The minimum Gasteiger partial charge on any atom is -0.497 e. The van der Waals surface area contributed by atoms with Crippen LogP contribution in [-0.4, -0.2) is 160 Å². The molecule has 1 fully saturated rings. The van der Waals surface area contributed by atoms with Crippen molar-refractivity contribution < 1.29 is 47.3 Å². The largest absolute Gasteiger partial charge is 0.497 e. The first-order valence-corrected chi connectivity index (χ1v) is 27.7. The maximum absolute atomic E-state index is 15.1. The van der Waals surface area contributed by atoms with E-state index in [1.165, 1.54) is 39.1 Å². The number of nitrogen functional groups attached to an aromatic ring is 1. The topological polar surface area (TPSA) is 236 Å². The minimum absolute atomic E-state index is 0.0127. The second kappa shape index (κ2) is 26.3. The fourth-order valence-corrected chi connectivity index (χ4v) is 10.3. The van der Waals surface area contributed by atoms with Crippen LogP contribution in [0.1, 0.15) is 89.4 Å². The Morgan fingerprint density at radius 1 is 0.916 bits per heavy atom. The lowest BCUT2D eigenvalue weighted by Gasteiger charge is -2.38. The third kappa shape index (κ3) is 13.4. The van der Waals surface area contributed by atoms with Crippen molar-refractivity contribution in [2.45, 2.75) is 64.6 Å². The Morgan fingerprint density at radius 3 is 2.30 bits per heavy atom. The number of fused-ring (bicyclic) bond motifs is 5. The number of hydrogen-bond acceptors (Lipinski definition) is 15. The summed E-state index contributed by atoms with van der Waals surface area (Å²) >= 11 is 12.7. The lowest BCUT2D eigenvalue weighted by atomic mass is 9.93. The van der Waals surface area contributed by atoms with Crippen molar-refractivity contribution >= 4 is 58.6 Å². The molecule has 3 aliphatic rings. The average molecular weight is 1170 g/mol. The molecule has 0 saturated carbocycles. The normalized spacial score (nSPS) is 17.0. The SMILES string of the molecule is COc1ccc(C2=N[C@H](c3ccc(Cl)cc3)[C@H](c3ccc(Cl)cc3)N2C(=O)N2CCN(CCOCCOCCC(=O)N(C)CCn3nc(C#N)c4c3CN(C)C(=O)c3ccc(F)cc3[C@@H](C)Oc3nc-4cnc3N)C(=O)C2)c(OC(C)C)c1. The quantitative estimate of drug-likeness (QED) is 0.0800. The summed E-state index contributed by atoms with van der Waals surface area (Å²) in [6.07, 6.45) is 0.388. The van der Waals surface area contributed by atoms with E-state index in [0.29, 0.717) is 44.2 Å². The number of urea groups is 1. The van der Waals surface area contributed by atoms with Gasteiger partial charge in [-0.1, -0.05) is 47.5 Å². The number of aromatic nitrogens is 4. The maximum Gasteiger partial charge on any atom is 0.326 e. The van der Waals surface area contributed by atoms with Gasteiger partial charge in [0.05, 0.1) is 93.9 Å². The molecule has 9 rings (SSSR count). The van der Waals surface area contributed by atoms with Crippen LogP contribution in [0.15, 0.2) is 96.1 Å². The van der Waals surface area contributed by atoms with Crippen LogP contribution < -0.4 is 19.9 Å². The number of hydrogen-bond donors (Lipinski definition) is 1. The molecule has 0 aliphatic carbocycles. The van der Waals surface area contributed by atoms with E-state index in [2.05, 4.69) is 21.1 Å². The van der Waals surface area contributed by atoms with Gasteiger partial charge in [-0.05, 0) is 86.5 Å². The van der Waals surface area contributed by atoms with Crippen molar-refractivity contribution in [1.29, 1.82) is 5.26 Å². The fraction of sp³-hybridized carbons (Fsp3) is 0.373. The number of amidine groups is 1. The highest BCUT2D eigenvalue weighted by atomic mass is 35.5. The number of ether oxygens (including phenoxy) is 5. The molecular weight excluding hydrogens is 1110 g/mol. The smallest absolute Gasteiger partial charge is 0.326 e. The number of rotatable bonds is 18. The average Bonchev–Trinajstić information content (AvgIpc) is 2.61. The van der Waals surface area contributed by atoms with E-state index < -0.39 is 35.9 Å². The van der Waals surface area contributed by atoms with Crippen LogP contribution >= 0.6 is 23.2 Å². The van der Waals surface area contributed by atoms with E-state index in [9.17, 15) is 24.0 Å². The third-order valence-corrected chi connectivity index (χ3v) is 14.9. The van der Waals surface area contributed by atoms with E-state index in [0.717, 1.165) is 11.1 Å². The van der Waals surface area contributed by atoms with E-state index >= 15 is 4.79 Å². The van der Waals surface area contributed by atoms with Gasteiger partial charge in [0.25, 0.3) is 11.8 Å². The molecule has 434 valence electrons. The first-order valence-electron chi connectivity index (χ1n) is 27.0. The molecule has 5 amide bonds. The van der Waals surface area contributed by atoms with Crippen molar-refractivity contribution in [3.05, 3.63) is 146 Å². The van der Waals surface area contributed by atoms with Gasteiger partial charge in [0.15, 0.2) is 11.5 Å². The summed E-state index contributed by atoms with van der Waals surface area (Å²) < 4.78 is 45.6. The number of methoxy groups -OCH3 is 1. The van der Waals surface area contributed by atoms with Gasteiger partial charge in [-0.2, -0.15) is 10.4 Å². The minimum atomic E-state index is -0.845. The molecule has 83 heavy (non-hydrogen) atoms. The number of carbonyl (C=O) groups is 4. The zero-order valence-corrected chi connectivity index (χ0v) is 48.3. The summed E-state index contributed by atoms with van der Waals surface area (Å²) in [6.45, 7) is 7.10. The highest BCUT2D eigenvalue weighted by Crippen LogP contribution is 2.46. The Morgan fingerprint density at radius 2 is 1.61 bits per heavy atom. The molecule has 0 radical (unpaired) electrons. The van der Waals surface area contributed by atoms with Crippen LogP contribution in [0.25, 0.3) is 11.3 Å². The molecular formula is C59H63Cl2FN12O9. The Bertz CT molecular complexity index is 3450. The Balaban J connectivity index is 0.776. The monoisotopic (exact) mass is 1170 g/mol. The summed E-state index contributed by atoms with van der Waals surface area (Å²) in [5, 5.41) is 15.9. The number of piperazine rings is 1. The van der Waals surface area contributed by atoms with Crippen molar-refractivity contribution in [2.75, 3.05) is 86.1 Å². The Hall–Kier alpha value is -8.36. The predicted octanol–water partition coefficient (Wildman–Crippen LogP) is 8.15. The van der Waals surface area contributed by atoms with Gasteiger partial charge in [0.1, 0.15) is 47.9 Å². The van der Waals surface area contributed by atoms with Crippen molar-refractivity contribution in [3.8, 4) is 34.7 Å². The molecule has 21 nitrogen and oxygen atoms in total. The second-order valence-electron chi connectivity index (χ2n) is 20.3. The number of likely N-dealkylation sites (N-methyl/N-ethyl adjacent to an activating group) is 1. The highest BCUT2D eigenvalue weighted by Gasteiger charge is 2.46. The highest BCUT2D eigenvalue weighted by molar-refractivity contribution is 6.30. The molecule has 2 aromatic heterocycles. The van der Waals surface area contributed by atoms with Crippen LogP contribution in [0.5, 0.6) is 17.4 Å². The standard InChI is InChI=1S/C59H63Cl2FN12O9/c1-35(2)82-49-30-42(79-6)16-18-44(49)56-67-53(37-7-11-39(60)12-8-37)54(38-9-13-40(61)14-10-38)74(56)59(78)72-22-21-71(51(76)34-72)24-26-81-28-27-80-25-19-50(75)69(4)20-23-73-48-33-70(5)58(77)43-17-15-41(62)29-45(43)36(3)83-57-55(64)65-32-47(66-57)52(48)46(31-63)68-73/h7-18,29-30,32,35-36,53-54H,19-28,33-34H2,1-6H3,(H2,64,65)/t36-,53-,54+/m1/s1. The van der Waals surface area contributed by atoms with Gasteiger partial charge in [-0.25, -0.2) is 19.2 Å². The molecule has 5 heterocycles. The number of nitrogens with zero attached hydrogens (tertiary/aromatic N) is 11. The van der Waals surface area contributed by atoms with Gasteiger partial charge in [0.2, 0.25) is 11.8 Å². The van der Waals surface area contributed by atoms with E-state index in [1.807, 2.05) is 44.2 Å². The summed E-state index contributed by atoms with van der Waals surface area (Å²) in [6, 6.07) is 24.3. The maximum atomic E-state index is 15.1. The molecule has 1 saturated heterocycles. The molecule has 2 bridgehead atoms. The number of amides is 5. The van der Waals surface area contributed by atoms with Crippen LogP contribution in [0.2, 0.25) is 10.0 Å². The van der Waals surface area contributed by atoms with Crippen molar-refractivity contribution in [2.24, 2.45) is 4.99 Å². The van der Waals surface area contributed by atoms with Crippen LogP contribution in [0.4, 0.5) is 15.0 Å². The summed E-state index contributed by atoms with van der Waals surface area (Å²) in [4.78, 5) is 78.1. The lowest BCUT2D eigenvalue weighted by Crippen LogP contribution is -2.56. The van der Waals surface area contributed by atoms with Gasteiger partial charge in [-0.15, -0.1) is 0 Å². The van der Waals surface area contributed by atoms with Crippen molar-refractivity contribution in [1.82, 2.24) is 44.2 Å². The molecule has 24 heteroatoms. The summed E-state index contributed by atoms with van der Waals surface area (Å²) in [7, 11) is 4.79. The zero-order valence-electron chi connectivity index (χ0n) is 46.8. The lowest BCUT2D eigenvalue weighted by molar-refractivity contribution is -0.135. The molecule has 3 aliphatic heterocycles. The second-order valence-corrected chi connectivity index (χ2v) is 21.2. The van der Waals surface area contributed by atoms with E-state index in [1.54, 1.807) is 79.0 Å². The number of benzene rings is 4. The first kappa shape index (κ1) is 59.3. The number of anilines is 1. The van der Waals surface area contributed by atoms with E-state index in [-0.39, 0.29) is 131 Å². The third-order valence-electron chi connectivity index (χ3n) is 14.4. The molecule has 0 spiro atoms. The van der Waals surface area contributed by atoms with Gasteiger partial charge < -0.3 is 49.0 Å². The van der Waals surface area contributed by atoms with Crippen molar-refractivity contribution in [3.63, 3.8) is 0 Å². The predicted molar refractivity (Wildman–Crippen MR) is 307 cm³/mol. The zero-order chi connectivity index (χ0) is 59.1. The summed E-state index contributed by atoms with van der Waals surface area (Å²) in [5.41, 5.74) is 9.80. The van der Waals surface area contributed by atoms with Gasteiger partial charge >= 0.3 is 6.03 Å². The Kier molecular flexibility index (Phi) is 18.8. The first-order chi connectivity index (χ1) is 39.9. The number of halogens is 3. The van der Waals surface area contributed by atoms with Gasteiger partial charge in [0, 0.05) is 67.5 Å². The number of aliphatic imine (C=N–C) groups is 1. The summed E-state index contributed by atoms with van der Waals surface area (Å²) in [5.74, 6) is -0.146. The van der Waals surface area contributed by atoms with Gasteiger partial charge in [-0.3, -0.25) is 29.0 Å². The molecule has 3 atom stereocenters. The molecule has 6 aromatic rings. The number of nitrogens with two attached hydrogens (primary N) is 1.